The van der Waals surface area contributed by atoms with Crippen molar-refractivity contribution in [1.29, 1.82) is 5.26 Å². The van der Waals surface area contributed by atoms with Gasteiger partial charge in [-0.2, -0.15) is 5.26 Å². The molecule has 6 aromatic rings. The Labute approximate surface area is 384 Å². The van der Waals surface area contributed by atoms with Crippen molar-refractivity contribution in [3.8, 4) is 28.3 Å². The van der Waals surface area contributed by atoms with Gasteiger partial charge in [0.2, 0.25) is 0 Å². The first-order valence-corrected chi connectivity index (χ1v) is 24.7. The van der Waals surface area contributed by atoms with Crippen LogP contribution < -0.4 is 4.90 Å². The molecule has 9 rings (SSSR count). The first-order chi connectivity index (χ1) is 31.3. The fourth-order valence-corrected chi connectivity index (χ4v) is 12.3. The highest BCUT2D eigenvalue weighted by Gasteiger charge is 2.44. The van der Waals surface area contributed by atoms with E-state index in [9.17, 15) is 15.2 Å². The number of nitrogens with zero attached hydrogens (tertiary/aromatic N) is 2. The Morgan fingerprint density at radius 1 is 0.641 bits per heavy atom. The molecule has 0 atom stereocenters. The summed E-state index contributed by atoms with van der Waals surface area (Å²) in [7, 11) is 0. The van der Waals surface area contributed by atoms with E-state index in [0.717, 1.165) is 47.5 Å². The van der Waals surface area contributed by atoms with Gasteiger partial charge in [0.05, 0.1) is 0 Å². The van der Waals surface area contributed by atoms with Gasteiger partial charge in [0.1, 0.15) is 11.6 Å². The van der Waals surface area contributed by atoms with Crippen LogP contribution in [0.3, 0.4) is 0 Å². The minimum absolute atomic E-state index is 0.0291. The highest BCUT2D eigenvalue weighted by molar-refractivity contribution is 7.14. The molecule has 3 aliphatic rings. The van der Waals surface area contributed by atoms with Gasteiger partial charge in [0.25, 0.3) is 0 Å². The van der Waals surface area contributed by atoms with Gasteiger partial charge in [0.15, 0.2) is 0 Å². The third-order valence-electron chi connectivity index (χ3n) is 14.5. The zero-order valence-corrected chi connectivity index (χ0v) is 38.8. The maximum Gasteiger partial charge on any atom is 0.346 e. The lowest BCUT2D eigenvalue weighted by molar-refractivity contribution is -0.132. The fourth-order valence-electron chi connectivity index (χ4n) is 11.4. The minimum atomic E-state index is -1.21. The quantitative estimate of drug-likeness (QED) is 0.0691. The van der Waals surface area contributed by atoms with Crippen LogP contribution in [-0.2, 0) is 22.0 Å². The van der Waals surface area contributed by atoms with Crippen molar-refractivity contribution in [2.75, 3.05) is 4.90 Å². The summed E-state index contributed by atoms with van der Waals surface area (Å²) >= 11 is 1.53. The van der Waals surface area contributed by atoms with Crippen LogP contribution >= 0.6 is 11.3 Å². The van der Waals surface area contributed by atoms with Crippen LogP contribution in [0.4, 0.5) is 17.1 Å². The van der Waals surface area contributed by atoms with Gasteiger partial charge in [-0.15, -0.1) is 11.3 Å². The Kier molecular flexibility index (Phi) is 12.4. The van der Waals surface area contributed by atoms with E-state index in [-0.39, 0.29) is 16.4 Å². The fraction of sp³-hybridized carbons (Fsp3) is 0.322. The van der Waals surface area contributed by atoms with Crippen molar-refractivity contribution in [2.45, 2.75) is 122 Å². The molecular formula is C59H60N2O2S. The monoisotopic (exact) mass is 860 g/mol. The van der Waals surface area contributed by atoms with Crippen molar-refractivity contribution in [3.05, 3.63) is 164 Å². The number of unbranched alkanes of at least 4 members (excludes halogenated alkanes) is 4. The molecule has 1 N–H and O–H groups in total. The van der Waals surface area contributed by atoms with E-state index < -0.39 is 5.97 Å². The van der Waals surface area contributed by atoms with Gasteiger partial charge >= 0.3 is 5.97 Å². The summed E-state index contributed by atoms with van der Waals surface area (Å²) in [6, 6.07) is 45.9. The second kappa shape index (κ2) is 18.3. The number of nitriles is 1. The first kappa shape index (κ1) is 43.3. The van der Waals surface area contributed by atoms with Gasteiger partial charge in [-0.05, 0) is 154 Å². The molecule has 0 spiro atoms. The highest BCUT2D eigenvalue weighted by atomic mass is 32.1. The van der Waals surface area contributed by atoms with E-state index in [2.05, 4.69) is 148 Å². The Hall–Kier alpha value is -5.96. The molecule has 5 heteroatoms. The minimum Gasteiger partial charge on any atom is -0.477 e. The summed E-state index contributed by atoms with van der Waals surface area (Å²) in [5, 5.41) is 18.8. The number of carboxylic acid groups (broad SMARTS) is 1. The molecule has 0 aliphatic heterocycles. The largest absolute Gasteiger partial charge is 0.477 e. The molecule has 0 fully saturated rings. The third-order valence-corrected chi connectivity index (χ3v) is 15.6. The highest BCUT2D eigenvalue weighted by Crippen LogP contribution is 2.58. The standard InChI is InChI=1S/C59H60N2O2S/c1-5-9-29-58(30-10-6-2)52-19-15-13-17-48(52)50-26-23-45(37-54(50)58)61(44-22-21-40-33-42(34-41(40)35-44)56-28-25-47(64-56)36-43(39-60)57(62)63)46-24-27-51-49-18-14-16-20-53(49)59(31-11-7-3,32-12-8-4)55(51)38-46/h13-28,33,35-38H,5-12,29-32,34H2,1-4H3,(H,62,63)/b43-36+. The zero-order valence-electron chi connectivity index (χ0n) is 38.0. The average Bonchev–Trinajstić information content (AvgIpc) is 4.09. The van der Waals surface area contributed by atoms with Gasteiger partial charge in [-0.1, -0.05) is 146 Å². The summed E-state index contributed by atoms with van der Waals surface area (Å²) in [4.78, 5) is 16.0. The van der Waals surface area contributed by atoms with E-state index >= 15 is 0 Å². The molecule has 64 heavy (non-hydrogen) atoms. The molecule has 5 aromatic carbocycles. The van der Waals surface area contributed by atoms with Crippen LogP contribution in [0.1, 0.15) is 148 Å². The number of fused-ring (bicyclic) bond motifs is 7. The topological polar surface area (TPSA) is 64.3 Å². The Bertz CT molecular complexity index is 2700. The average molecular weight is 861 g/mol. The maximum absolute atomic E-state index is 11.6. The van der Waals surface area contributed by atoms with Crippen LogP contribution in [0.5, 0.6) is 0 Å². The number of hydrogen-bond acceptors (Lipinski definition) is 4. The predicted molar refractivity (Wildman–Crippen MR) is 269 cm³/mol. The number of anilines is 3. The van der Waals surface area contributed by atoms with E-state index in [1.807, 2.05) is 12.1 Å². The molecule has 0 unspecified atom stereocenters. The van der Waals surface area contributed by atoms with Crippen molar-refractivity contribution >= 4 is 52.1 Å². The van der Waals surface area contributed by atoms with E-state index in [1.165, 1.54) is 141 Å². The van der Waals surface area contributed by atoms with Crippen LogP contribution in [0, 0.1) is 11.3 Å². The van der Waals surface area contributed by atoms with Gasteiger partial charge in [-0.3, -0.25) is 0 Å². The molecule has 0 radical (unpaired) electrons. The summed E-state index contributed by atoms with van der Waals surface area (Å²) in [6.45, 7) is 9.31. The molecule has 3 aliphatic carbocycles. The lowest BCUT2D eigenvalue weighted by Crippen LogP contribution is -2.26. The third kappa shape index (κ3) is 7.54. The smallest absolute Gasteiger partial charge is 0.346 e. The molecule has 1 aromatic heterocycles. The summed E-state index contributed by atoms with van der Waals surface area (Å²) in [5.41, 5.74) is 18.4. The summed E-state index contributed by atoms with van der Waals surface area (Å²) in [6.07, 6.45) is 18.5. The molecule has 0 amide bonds. The molecular weight excluding hydrogens is 801 g/mol. The van der Waals surface area contributed by atoms with Crippen molar-refractivity contribution in [1.82, 2.24) is 0 Å². The van der Waals surface area contributed by atoms with Crippen LogP contribution in [-0.4, -0.2) is 11.1 Å². The maximum atomic E-state index is 11.6. The molecule has 0 bridgehead atoms. The number of allylic oxidation sites excluding steroid dienone is 1. The van der Waals surface area contributed by atoms with E-state index in [1.54, 1.807) is 0 Å². The number of benzene rings is 5. The lowest BCUT2D eigenvalue weighted by Gasteiger charge is -2.35. The Morgan fingerprint density at radius 2 is 1.12 bits per heavy atom. The van der Waals surface area contributed by atoms with Gasteiger partial charge in [0, 0.05) is 37.6 Å². The molecule has 4 nitrogen and oxygen atoms in total. The van der Waals surface area contributed by atoms with Crippen molar-refractivity contribution < 1.29 is 9.90 Å². The van der Waals surface area contributed by atoms with E-state index in [0.29, 0.717) is 0 Å². The number of hydrogen-bond donors (Lipinski definition) is 1. The zero-order chi connectivity index (χ0) is 44.4. The predicted octanol–water partition coefficient (Wildman–Crippen LogP) is 16.6. The number of thiophene rings is 1. The molecule has 0 saturated heterocycles. The van der Waals surface area contributed by atoms with E-state index in [4.69, 9.17) is 0 Å². The van der Waals surface area contributed by atoms with Crippen molar-refractivity contribution in [2.24, 2.45) is 0 Å². The number of rotatable bonds is 18. The van der Waals surface area contributed by atoms with Gasteiger partial charge in [-0.25, -0.2) is 4.79 Å². The Balaban J connectivity index is 1.19. The second-order valence-electron chi connectivity index (χ2n) is 18.4. The summed E-state index contributed by atoms with van der Waals surface area (Å²) in [5.74, 6) is -1.21. The summed E-state index contributed by atoms with van der Waals surface area (Å²) < 4.78 is 0. The van der Waals surface area contributed by atoms with Crippen LogP contribution in [0.25, 0.3) is 40.0 Å². The normalized spacial score (nSPS) is 14.9. The number of carbonyl (C=O) groups is 1. The van der Waals surface area contributed by atoms with Gasteiger partial charge < -0.3 is 10.0 Å². The first-order valence-electron chi connectivity index (χ1n) is 23.9. The SMILES string of the molecule is CCCCC1(CCCC)c2ccccc2-c2ccc(N(c3ccc4c(c3)CC(c3ccc(/C=C(\C#N)C(=O)O)s3)=C4)c3ccc4c(c3)C(CCCC)(CCCC)c3ccccc3-4)cc21. The molecule has 324 valence electrons. The molecule has 1 heterocycles. The lowest BCUT2D eigenvalue weighted by atomic mass is 9.70. The Morgan fingerprint density at radius 3 is 1.62 bits per heavy atom. The van der Waals surface area contributed by atoms with Crippen LogP contribution in [0.2, 0.25) is 0 Å². The van der Waals surface area contributed by atoms with Crippen molar-refractivity contribution in [3.63, 3.8) is 0 Å². The molecule has 0 saturated carbocycles. The van der Waals surface area contributed by atoms with Crippen LogP contribution in [0.15, 0.2) is 121 Å². The second-order valence-corrected chi connectivity index (χ2v) is 19.5. The number of carboxylic acids is 1. The number of aliphatic carboxylic acids is 1.